The number of ether oxygens (including phenoxy) is 1. The number of nitrogens with zero attached hydrogens (tertiary/aromatic N) is 1. The maximum Gasteiger partial charge on any atom is 0.322 e. The van der Waals surface area contributed by atoms with E-state index in [1.807, 2.05) is 39.2 Å². The Kier molecular flexibility index (Phi) is 5.82. The van der Waals surface area contributed by atoms with Crippen LogP contribution in [0, 0.1) is 0 Å². The molecule has 1 N–H and O–H groups in total. The Morgan fingerprint density at radius 2 is 1.94 bits per heavy atom. The minimum absolute atomic E-state index is 0.235. The van der Waals surface area contributed by atoms with Crippen molar-refractivity contribution in [3.8, 4) is 0 Å². The molecule has 2 atom stereocenters. The van der Waals surface area contributed by atoms with E-state index in [1.165, 1.54) is 12.7 Å². The van der Waals surface area contributed by atoms with Gasteiger partial charge in [-0.1, -0.05) is 30.3 Å². The van der Waals surface area contributed by atoms with Crippen molar-refractivity contribution in [3.63, 3.8) is 0 Å². The minimum atomic E-state index is -0.291. The van der Waals surface area contributed by atoms with Crippen LogP contribution in [0.15, 0.2) is 30.3 Å². The van der Waals surface area contributed by atoms with Gasteiger partial charge in [-0.2, -0.15) is 0 Å². The standard InChI is InChI=1S/C14H22N2O2/c1-11(14(17)18-4)15-10-13(16(2)3)12-8-6-5-7-9-12/h5-9,11,13,15H,10H2,1-4H3. The van der Waals surface area contributed by atoms with Gasteiger partial charge < -0.3 is 15.0 Å². The summed E-state index contributed by atoms with van der Waals surface area (Å²) in [7, 11) is 5.46. The topological polar surface area (TPSA) is 41.6 Å². The highest BCUT2D eigenvalue weighted by atomic mass is 16.5. The van der Waals surface area contributed by atoms with E-state index in [9.17, 15) is 4.79 Å². The molecule has 0 aliphatic heterocycles. The van der Waals surface area contributed by atoms with Crippen molar-refractivity contribution in [1.82, 2.24) is 10.2 Å². The largest absolute Gasteiger partial charge is 0.468 e. The predicted molar refractivity (Wildman–Crippen MR) is 72.4 cm³/mol. The lowest BCUT2D eigenvalue weighted by molar-refractivity contribution is -0.142. The van der Waals surface area contributed by atoms with Crippen LogP contribution in [0.25, 0.3) is 0 Å². The van der Waals surface area contributed by atoms with Crippen molar-refractivity contribution in [2.24, 2.45) is 0 Å². The van der Waals surface area contributed by atoms with Crippen molar-refractivity contribution in [2.75, 3.05) is 27.7 Å². The van der Waals surface area contributed by atoms with Gasteiger partial charge in [-0.05, 0) is 26.6 Å². The second-order valence-electron chi connectivity index (χ2n) is 4.54. The normalized spacial score (nSPS) is 14.3. The van der Waals surface area contributed by atoms with E-state index in [4.69, 9.17) is 4.74 Å². The van der Waals surface area contributed by atoms with Gasteiger partial charge in [0.25, 0.3) is 0 Å². The van der Waals surface area contributed by atoms with E-state index in [2.05, 4.69) is 22.3 Å². The van der Waals surface area contributed by atoms with Gasteiger partial charge in [-0.3, -0.25) is 4.79 Å². The van der Waals surface area contributed by atoms with E-state index in [0.29, 0.717) is 6.54 Å². The Balaban J connectivity index is 2.63. The summed E-state index contributed by atoms with van der Waals surface area (Å²) in [5.74, 6) is -0.236. The van der Waals surface area contributed by atoms with Gasteiger partial charge in [0.05, 0.1) is 7.11 Å². The van der Waals surface area contributed by atoms with Crippen LogP contribution in [0.1, 0.15) is 18.5 Å². The molecule has 0 radical (unpaired) electrons. The SMILES string of the molecule is COC(=O)C(C)NCC(c1ccccc1)N(C)C. The van der Waals surface area contributed by atoms with E-state index < -0.39 is 0 Å². The van der Waals surface area contributed by atoms with Crippen LogP contribution in [0.4, 0.5) is 0 Å². The van der Waals surface area contributed by atoms with Gasteiger partial charge in [0.15, 0.2) is 0 Å². The van der Waals surface area contributed by atoms with E-state index >= 15 is 0 Å². The Morgan fingerprint density at radius 3 is 2.44 bits per heavy atom. The molecule has 0 aliphatic rings. The molecule has 4 heteroatoms. The fourth-order valence-electron chi connectivity index (χ4n) is 1.82. The zero-order chi connectivity index (χ0) is 13.5. The van der Waals surface area contributed by atoms with Crippen LogP contribution in [-0.4, -0.2) is 44.7 Å². The average Bonchev–Trinajstić information content (AvgIpc) is 2.38. The Hall–Kier alpha value is -1.39. The van der Waals surface area contributed by atoms with Crippen LogP contribution >= 0.6 is 0 Å². The lowest BCUT2D eigenvalue weighted by Gasteiger charge is -2.26. The molecule has 2 unspecified atom stereocenters. The number of esters is 1. The van der Waals surface area contributed by atoms with E-state index in [0.717, 1.165) is 0 Å². The molecular formula is C14H22N2O2. The third-order valence-electron chi connectivity index (χ3n) is 2.98. The van der Waals surface area contributed by atoms with Crippen LogP contribution in [0.3, 0.4) is 0 Å². The zero-order valence-electron chi connectivity index (χ0n) is 11.5. The zero-order valence-corrected chi connectivity index (χ0v) is 11.5. The fourth-order valence-corrected chi connectivity index (χ4v) is 1.82. The second-order valence-corrected chi connectivity index (χ2v) is 4.54. The first-order valence-electron chi connectivity index (χ1n) is 6.08. The van der Waals surface area contributed by atoms with Crippen LogP contribution in [-0.2, 0) is 9.53 Å². The first kappa shape index (κ1) is 14.7. The number of methoxy groups -OCH3 is 1. The lowest BCUT2D eigenvalue weighted by atomic mass is 10.1. The molecular weight excluding hydrogens is 228 g/mol. The Labute approximate surface area is 109 Å². The lowest BCUT2D eigenvalue weighted by Crippen LogP contribution is -2.40. The predicted octanol–water partition coefficient (Wildman–Crippen LogP) is 1.44. The summed E-state index contributed by atoms with van der Waals surface area (Å²) in [6.07, 6.45) is 0. The van der Waals surface area contributed by atoms with Crippen LogP contribution in [0.2, 0.25) is 0 Å². The van der Waals surface area contributed by atoms with E-state index in [-0.39, 0.29) is 18.1 Å². The molecule has 0 aromatic heterocycles. The van der Waals surface area contributed by atoms with Gasteiger partial charge in [0.2, 0.25) is 0 Å². The molecule has 18 heavy (non-hydrogen) atoms. The third kappa shape index (κ3) is 4.13. The number of carbonyl (C=O) groups is 1. The number of hydrogen-bond acceptors (Lipinski definition) is 4. The highest BCUT2D eigenvalue weighted by Crippen LogP contribution is 2.16. The summed E-state index contributed by atoms with van der Waals surface area (Å²) in [6.45, 7) is 2.51. The summed E-state index contributed by atoms with van der Waals surface area (Å²) >= 11 is 0. The summed E-state index contributed by atoms with van der Waals surface area (Å²) in [6, 6.07) is 10.2. The van der Waals surface area contributed by atoms with Gasteiger partial charge in [-0.25, -0.2) is 0 Å². The first-order valence-corrected chi connectivity index (χ1v) is 6.08. The minimum Gasteiger partial charge on any atom is -0.468 e. The molecule has 100 valence electrons. The average molecular weight is 250 g/mol. The number of nitrogens with one attached hydrogen (secondary N) is 1. The second kappa shape index (κ2) is 7.13. The molecule has 0 amide bonds. The molecule has 0 spiro atoms. The molecule has 0 fully saturated rings. The van der Waals surface area contributed by atoms with Gasteiger partial charge >= 0.3 is 5.97 Å². The Morgan fingerprint density at radius 1 is 1.33 bits per heavy atom. The Bertz CT molecular complexity index is 365. The molecule has 0 aliphatic carbocycles. The molecule has 0 saturated heterocycles. The molecule has 0 saturated carbocycles. The van der Waals surface area contributed by atoms with E-state index in [1.54, 1.807) is 0 Å². The number of rotatable bonds is 6. The highest BCUT2D eigenvalue weighted by Gasteiger charge is 2.17. The van der Waals surface area contributed by atoms with Crippen molar-refractivity contribution in [3.05, 3.63) is 35.9 Å². The molecule has 0 heterocycles. The quantitative estimate of drug-likeness (QED) is 0.776. The van der Waals surface area contributed by atoms with Crippen LogP contribution < -0.4 is 5.32 Å². The van der Waals surface area contributed by atoms with Gasteiger partial charge in [0, 0.05) is 12.6 Å². The summed E-state index contributed by atoms with van der Waals surface area (Å²) < 4.78 is 4.70. The monoisotopic (exact) mass is 250 g/mol. The third-order valence-corrected chi connectivity index (χ3v) is 2.98. The van der Waals surface area contributed by atoms with Crippen LogP contribution in [0.5, 0.6) is 0 Å². The number of hydrogen-bond donors (Lipinski definition) is 1. The molecule has 0 bridgehead atoms. The number of likely N-dealkylation sites (N-methyl/N-ethyl adjacent to an activating group) is 1. The van der Waals surface area contributed by atoms with Gasteiger partial charge in [-0.15, -0.1) is 0 Å². The molecule has 4 nitrogen and oxygen atoms in total. The van der Waals surface area contributed by atoms with Crippen molar-refractivity contribution in [1.29, 1.82) is 0 Å². The number of benzene rings is 1. The molecule has 1 aromatic rings. The summed E-state index contributed by atoms with van der Waals surface area (Å²) in [5, 5.41) is 3.20. The maximum atomic E-state index is 11.3. The highest BCUT2D eigenvalue weighted by molar-refractivity contribution is 5.75. The first-order chi connectivity index (χ1) is 8.56. The maximum absolute atomic E-state index is 11.3. The van der Waals surface area contributed by atoms with Gasteiger partial charge in [0.1, 0.15) is 6.04 Å². The summed E-state index contributed by atoms with van der Waals surface area (Å²) in [5.41, 5.74) is 1.23. The van der Waals surface area contributed by atoms with Crippen molar-refractivity contribution < 1.29 is 9.53 Å². The van der Waals surface area contributed by atoms with Crippen molar-refractivity contribution in [2.45, 2.75) is 19.0 Å². The summed E-state index contributed by atoms with van der Waals surface area (Å²) in [4.78, 5) is 13.5. The molecule has 1 aromatic carbocycles. The smallest absolute Gasteiger partial charge is 0.322 e. The molecule has 1 rings (SSSR count). The van der Waals surface area contributed by atoms with Crippen molar-refractivity contribution >= 4 is 5.97 Å². The number of carbonyl (C=O) groups excluding carboxylic acids is 1. The fraction of sp³-hybridized carbons (Fsp3) is 0.500.